The first-order chi connectivity index (χ1) is 8.40. The van der Waals surface area contributed by atoms with Crippen molar-refractivity contribution >= 4 is 26.0 Å². The van der Waals surface area contributed by atoms with Gasteiger partial charge in [-0.15, -0.1) is 0 Å². The Morgan fingerprint density at radius 3 is 2.78 bits per heavy atom. The van der Waals surface area contributed by atoms with Crippen LogP contribution in [0.5, 0.6) is 0 Å². The molecule has 0 unspecified atom stereocenters. The lowest BCUT2D eigenvalue weighted by molar-refractivity contribution is 0.155. The first-order valence-electron chi connectivity index (χ1n) is 5.53. The molecule has 1 aromatic carbocycles. The molecular formula is C11H13BrFNO3S. The van der Waals surface area contributed by atoms with Crippen LogP contribution >= 0.6 is 15.9 Å². The number of hydrogen-bond acceptors (Lipinski definition) is 3. The maximum Gasteiger partial charge on any atom is 0.241 e. The largest absolute Gasteiger partial charge is 0.391 e. The van der Waals surface area contributed by atoms with Crippen molar-refractivity contribution in [2.24, 2.45) is 5.92 Å². The summed E-state index contributed by atoms with van der Waals surface area (Å²) >= 11 is 3.07. The number of aliphatic hydroxyl groups is 1. The van der Waals surface area contributed by atoms with Gasteiger partial charge in [0.05, 0.1) is 11.0 Å². The quantitative estimate of drug-likeness (QED) is 0.858. The molecule has 0 saturated heterocycles. The van der Waals surface area contributed by atoms with Crippen molar-refractivity contribution in [3.63, 3.8) is 0 Å². The molecule has 1 saturated carbocycles. The van der Waals surface area contributed by atoms with E-state index in [9.17, 15) is 17.9 Å². The molecule has 0 amide bonds. The average molecular weight is 338 g/mol. The van der Waals surface area contributed by atoms with E-state index in [1.807, 2.05) is 0 Å². The Hall–Kier alpha value is -0.500. The zero-order valence-corrected chi connectivity index (χ0v) is 11.8. The minimum Gasteiger partial charge on any atom is -0.391 e. The number of hydrogen-bond donors (Lipinski definition) is 2. The molecule has 0 spiro atoms. The molecular weight excluding hydrogens is 325 g/mol. The molecule has 100 valence electrons. The lowest BCUT2D eigenvalue weighted by atomic mass is 10.2. The van der Waals surface area contributed by atoms with E-state index < -0.39 is 21.9 Å². The molecule has 18 heavy (non-hydrogen) atoms. The summed E-state index contributed by atoms with van der Waals surface area (Å²) in [5.74, 6) is -0.440. The standard InChI is InChI=1S/C11H13BrFNO3S/c12-9-4-3-8(13)5-11(9)18(16,17)14-6-10(15)7-1-2-7/h3-5,7,10,14-15H,1-2,6H2/t10-/m0/s1. The third kappa shape index (κ3) is 3.28. The van der Waals surface area contributed by atoms with Gasteiger partial charge in [-0.1, -0.05) is 0 Å². The van der Waals surface area contributed by atoms with E-state index >= 15 is 0 Å². The van der Waals surface area contributed by atoms with Crippen molar-refractivity contribution in [2.45, 2.75) is 23.8 Å². The van der Waals surface area contributed by atoms with Crippen molar-refractivity contribution in [3.05, 3.63) is 28.5 Å². The van der Waals surface area contributed by atoms with E-state index in [4.69, 9.17) is 0 Å². The highest BCUT2D eigenvalue weighted by Gasteiger charge is 2.30. The van der Waals surface area contributed by atoms with E-state index in [2.05, 4.69) is 20.7 Å². The summed E-state index contributed by atoms with van der Waals surface area (Å²) < 4.78 is 39.5. The van der Waals surface area contributed by atoms with Gasteiger partial charge in [-0.3, -0.25) is 0 Å². The number of halogens is 2. The van der Waals surface area contributed by atoms with Crippen molar-refractivity contribution in [3.8, 4) is 0 Å². The molecule has 1 aliphatic carbocycles. The Morgan fingerprint density at radius 2 is 2.17 bits per heavy atom. The van der Waals surface area contributed by atoms with Crippen molar-refractivity contribution < 1.29 is 17.9 Å². The topological polar surface area (TPSA) is 66.4 Å². The van der Waals surface area contributed by atoms with E-state index in [0.29, 0.717) is 0 Å². The van der Waals surface area contributed by atoms with Crippen molar-refractivity contribution in [1.29, 1.82) is 0 Å². The van der Waals surface area contributed by atoms with Crippen LogP contribution in [0.4, 0.5) is 4.39 Å². The smallest absolute Gasteiger partial charge is 0.241 e. The highest BCUT2D eigenvalue weighted by Crippen LogP contribution is 2.32. The van der Waals surface area contributed by atoms with E-state index in [1.165, 1.54) is 12.1 Å². The van der Waals surface area contributed by atoms with Gasteiger partial charge < -0.3 is 5.11 Å². The fourth-order valence-electron chi connectivity index (χ4n) is 1.60. The van der Waals surface area contributed by atoms with Gasteiger partial charge in [-0.25, -0.2) is 17.5 Å². The third-order valence-electron chi connectivity index (χ3n) is 2.83. The average Bonchev–Trinajstić information content (AvgIpc) is 3.13. The number of rotatable bonds is 5. The van der Waals surface area contributed by atoms with E-state index in [0.717, 1.165) is 18.9 Å². The fraction of sp³-hybridized carbons (Fsp3) is 0.455. The van der Waals surface area contributed by atoms with Crippen LogP contribution in [0.2, 0.25) is 0 Å². The molecule has 0 aliphatic heterocycles. The first kappa shape index (κ1) is 13.9. The van der Waals surface area contributed by atoms with Gasteiger partial charge in [0.2, 0.25) is 10.0 Å². The monoisotopic (exact) mass is 337 g/mol. The predicted molar refractivity (Wildman–Crippen MR) is 68.0 cm³/mol. The molecule has 1 aromatic rings. The molecule has 1 aliphatic rings. The molecule has 2 rings (SSSR count). The summed E-state index contributed by atoms with van der Waals surface area (Å²) in [7, 11) is -3.81. The van der Waals surface area contributed by atoms with Gasteiger partial charge in [0.15, 0.2) is 0 Å². The van der Waals surface area contributed by atoms with Crippen LogP contribution in [0.25, 0.3) is 0 Å². The molecule has 0 aromatic heterocycles. The minimum absolute atomic E-state index is 0.0457. The zero-order chi connectivity index (χ0) is 13.3. The summed E-state index contributed by atoms with van der Waals surface area (Å²) in [5, 5.41) is 9.61. The Morgan fingerprint density at radius 1 is 1.50 bits per heavy atom. The van der Waals surface area contributed by atoms with Crippen LogP contribution in [0, 0.1) is 11.7 Å². The molecule has 7 heteroatoms. The Bertz CT molecular complexity index is 545. The van der Waals surface area contributed by atoms with Crippen LogP contribution in [0.1, 0.15) is 12.8 Å². The predicted octanol–water partition coefficient (Wildman–Crippen LogP) is 1.64. The second kappa shape index (κ2) is 5.24. The van der Waals surface area contributed by atoms with E-state index in [-0.39, 0.29) is 21.8 Å². The maximum absolute atomic E-state index is 13.1. The number of sulfonamides is 1. The van der Waals surface area contributed by atoms with Crippen LogP contribution < -0.4 is 4.72 Å². The maximum atomic E-state index is 13.1. The van der Waals surface area contributed by atoms with E-state index in [1.54, 1.807) is 0 Å². The number of nitrogens with one attached hydrogen (secondary N) is 1. The fourth-order valence-corrected chi connectivity index (χ4v) is 3.63. The Kier molecular flexibility index (Phi) is 4.05. The van der Waals surface area contributed by atoms with Gasteiger partial charge >= 0.3 is 0 Å². The van der Waals surface area contributed by atoms with Crippen LogP contribution in [0.3, 0.4) is 0 Å². The molecule has 0 radical (unpaired) electrons. The minimum atomic E-state index is -3.81. The van der Waals surface area contributed by atoms with Gasteiger partial charge in [0.25, 0.3) is 0 Å². The second-order valence-electron chi connectivity index (χ2n) is 4.33. The highest BCUT2D eigenvalue weighted by molar-refractivity contribution is 9.10. The van der Waals surface area contributed by atoms with Crippen LogP contribution in [-0.2, 0) is 10.0 Å². The molecule has 1 fully saturated rings. The van der Waals surface area contributed by atoms with Gasteiger partial charge in [-0.2, -0.15) is 0 Å². The highest BCUT2D eigenvalue weighted by atomic mass is 79.9. The summed E-state index contributed by atoms with van der Waals surface area (Å²) in [6, 6.07) is 3.44. The summed E-state index contributed by atoms with van der Waals surface area (Å²) in [5.41, 5.74) is 0. The summed E-state index contributed by atoms with van der Waals surface area (Å²) in [6.07, 6.45) is 1.17. The van der Waals surface area contributed by atoms with Crippen LogP contribution in [0.15, 0.2) is 27.6 Å². The lowest BCUT2D eigenvalue weighted by Crippen LogP contribution is -2.33. The summed E-state index contributed by atoms with van der Waals surface area (Å²) in [6.45, 7) is -0.0457. The van der Waals surface area contributed by atoms with Gasteiger partial charge in [0.1, 0.15) is 5.82 Å². The van der Waals surface area contributed by atoms with Crippen molar-refractivity contribution in [1.82, 2.24) is 4.72 Å². The number of aliphatic hydroxyl groups excluding tert-OH is 1. The molecule has 2 N–H and O–H groups in total. The Labute approximate surface area is 113 Å². The molecule has 4 nitrogen and oxygen atoms in total. The Balaban J connectivity index is 2.11. The molecule has 0 heterocycles. The normalized spacial score (nSPS) is 17.7. The SMILES string of the molecule is O=S(=O)(NC[C@H](O)C1CC1)c1cc(F)ccc1Br. The summed E-state index contributed by atoms with van der Waals surface area (Å²) in [4.78, 5) is -0.162. The van der Waals surface area contributed by atoms with Crippen LogP contribution in [-0.4, -0.2) is 26.2 Å². The van der Waals surface area contributed by atoms with Crippen molar-refractivity contribution in [2.75, 3.05) is 6.54 Å². The number of benzene rings is 1. The molecule has 0 bridgehead atoms. The van der Waals surface area contributed by atoms with Gasteiger partial charge in [-0.05, 0) is 52.9 Å². The lowest BCUT2D eigenvalue weighted by Gasteiger charge is -2.12. The van der Waals surface area contributed by atoms with Gasteiger partial charge in [0, 0.05) is 11.0 Å². The first-order valence-corrected chi connectivity index (χ1v) is 7.80. The zero-order valence-electron chi connectivity index (χ0n) is 9.44. The second-order valence-corrected chi connectivity index (χ2v) is 6.92. The molecule has 1 atom stereocenters. The third-order valence-corrected chi connectivity index (χ3v) is 5.25.